The number of amides is 6. The lowest BCUT2D eigenvalue weighted by atomic mass is 9.83. The fourth-order valence-electron chi connectivity index (χ4n) is 9.33. The highest BCUT2D eigenvalue weighted by molar-refractivity contribution is 7.91. The molecule has 62 heavy (non-hydrogen) atoms. The lowest BCUT2D eigenvalue weighted by molar-refractivity contribution is -0.143. The Kier molecular flexibility index (Phi) is 12.6. The first-order valence-electron chi connectivity index (χ1n) is 21.8. The average Bonchev–Trinajstić information content (AvgIpc) is 4.15. The topological polar surface area (TPSA) is 226 Å². The molecule has 4 N–H and O–H groups in total. The number of hydrogen-bond donors (Lipinski definition) is 4. The number of fused-ring (bicyclic) bond motifs is 3. The molecule has 2 aromatic rings. The van der Waals surface area contributed by atoms with Crippen LogP contribution in [0.4, 0.5) is 9.18 Å². The van der Waals surface area contributed by atoms with Crippen molar-refractivity contribution in [3.05, 3.63) is 71.6 Å². The second-order valence-electron chi connectivity index (χ2n) is 17.5. The molecule has 19 heteroatoms. The molecule has 1 aromatic heterocycles. The molecular formula is C43H53FN8O9S. The van der Waals surface area contributed by atoms with E-state index in [2.05, 4.69) is 30.6 Å². The summed E-state index contributed by atoms with van der Waals surface area (Å²) in [7, 11) is -3.97. The molecule has 4 fully saturated rings. The van der Waals surface area contributed by atoms with Gasteiger partial charge in [0.15, 0.2) is 0 Å². The van der Waals surface area contributed by atoms with E-state index in [1.165, 1.54) is 34.5 Å². The molecule has 3 aliphatic carbocycles. The van der Waals surface area contributed by atoms with Crippen LogP contribution in [0.2, 0.25) is 0 Å². The summed E-state index contributed by atoms with van der Waals surface area (Å²) in [6.45, 7) is -0.163. The van der Waals surface area contributed by atoms with Gasteiger partial charge in [-0.05, 0) is 68.9 Å². The molecule has 17 nitrogen and oxygen atoms in total. The van der Waals surface area contributed by atoms with Gasteiger partial charge in [0.1, 0.15) is 41.3 Å². The maximum Gasteiger partial charge on any atom is 0.410 e. The Balaban J connectivity index is 1.06. The smallest absolute Gasteiger partial charge is 0.410 e. The molecular weight excluding hydrogens is 824 g/mol. The number of allylic oxidation sites excluding steroid dienone is 1. The summed E-state index contributed by atoms with van der Waals surface area (Å²) in [5.74, 6) is -4.56. The van der Waals surface area contributed by atoms with Crippen molar-refractivity contribution in [3.8, 4) is 0 Å². The Morgan fingerprint density at radius 2 is 1.74 bits per heavy atom. The predicted molar refractivity (Wildman–Crippen MR) is 219 cm³/mol. The minimum atomic E-state index is -3.97. The molecule has 1 saturated heterocycles. The predicted octanol–water partition coefficient (Wildman–Crippen LogP) is 2.90. The van der Waals surface area contributed by atoms with Gasteiger partial charge in [0.05, 0.1) is 24.5 Å². The number of aromatic nitrogens is 2. The first-order valence-corrected chi connectivity index (χ1v) is 23.3. The summed E-state index contributed by atoms with van der Waals surface area (Å²) in [6.07, 6.45) is 13.7. The second kappa shape index (κ2) is 18.1. The minimum absolute atomic E-state index is 0.0277. The van der Waals surface area contributed by atoms with E-state index >= 15 is 0 Å². The Hall–Kier alpha value is -5.46. The summed E-state index contributed by atoms with van der Waals surface area (Å²) in [6, 6.07) is 1.14. The average molecular weight is 877 g/mol. The summed E-state index contributed by atoms with van der Waals surface area (Å²) < 4.78 is 48.5. The number of benzene rings is 1. The number of nitrogens with zero attached hydrogens (tertiary/aromatic N) is 4. The fourth-order valence-corrected chi connectivity index (χ4v) is 10.7. The number of carbonyl (C=O) groups is 6. The number of carbonyl (C=O) groups excluding carboxylic acids is 6. The quantitative estimate of drug-likeness (QED) is 0.268. The summed E-state index contributed by atoms with van der Waals surface area (Å²) in [4.78, 5) is 95.2. The first-order chi connectivity index (χ1) is 29.8. The Labute approximate surface area is 359 Å². The Morgan fingerprint density at radius 1 is 0.968 bits per heavy atom. The van der Waals surface area contributed by atoms with Crippen LogP contribution in [0.1, 0.15) is 112 Å². The van der Waals surface area contributed by atoms with Crippen LogP contribution in [0.5, 0.6) is 0 Å². The van der Waals surface area contributed by atoms with Crippen molar-refractivity contribution < 1.29 is 46.3 Å². The van der Waals surface area contributed by atoms with E-state index in [-0.39, 0.29) is 50.5 Å². The number of hydrogen-bond acceptors (Lipinski definition) is 11. The van der Waals surface area contributed by atoms with Crippen molar-refractivity contribution in [2.24, 2.45) is 11.8 Å². The number of halogens is 1. The van der Waals surface area contributed by atoms with Gasteiger partial charge >= 0.3 is 6.09 Å². The zero-order chi connectivity index (χ0) is 43.6. The lowest BCUT2D eigenvalue weighted by Crippen LogP contribution is -2.60. The van der Waals surface area contributed by atoms with Crippen molar-refractivity contribution >= 4 is 45.7 Å². The molecule has 6 amide bonds. The largest absolute Gasteiger partial charge is 0.444 e. The fraction of sp³-hybridized carbons (Fsp3) is 0.581. The second-order valence-corrected chi connectivity index (χ2v) is 19.5. The third kappa shape index (κ3) is 9.46. The highest BCUT2D eigenvalue weighted by Gasteiger charge is 2.62. The first kappa shape index (κ1) is 43.2. The molecule has 4 heterocycles. The van der Waals surface area contributed by atoms with Crippen molar-refractivity contribution in [2.75, 3.05) is 6.54 Å². The summed E-state index contributed by atoms with van der Waals surface area (Å²) >= 11 is 0. The van der Waals surface area contributed by atoms with Crippen LogP contribution in [0.3, 0.4) is 0 Å². The van der Waals surface area contributed by atoms with Crippen LogP contribution in [0.25, 0.3) is 0 Å². The highest BCUT2D eigenvalue weighted by atomic mass is 32.2. The van der Waals surface area contributed by atoms with Gasteiger partial charge in [0.2, 0.25) is 27.7 Å². The normalized spacial score (nSPS) is 27.8. The van der Waals surface area contributed by atoms with Crippen molar-refractivity contribution in [2.45, 2.75) is 138 Å². The molecule has 0 bridgehead atoms. The van der Waals surface area contributed by atoms with Crippen LogP contribution < -0.4 is 20.7 Å². The van der Waals surface area contributed by atoms with Gasteiger partial charge in [-0.15, -0.1) is 0 Å². The van der Waals surface area contributed by atoms with Crippen LogP contribution in [-0.2, 0) is 47.0 Å². The summed E-state index contributed by atoms with van der Waals surface area (Å²) in [5, 5.41) is 7.92. The number of sulfonamides is 1. The van der Waals surface area contributed by atoms with E-state index < -0.39 is 92.4 Å². The summed E-state index contributed by atoms with van der Waals surface area (Å²) in [5.41, 5.74) is -0.568. The van der Waals surface area contributed by atoms with Crippen LogP contribution in [0, 0.1) is 17.7 Å². The standard InChI is InChI=1S/C43H53FN8O9S/c44-32-14-9-12-27-23-51(25-31(27)32)42(58)61-29-20-35-38(54)49-43(41(57)50-62(59,60)30-16-17-30)21-28(43)13-7-2-1-3-8-15-33(40(56)52(35)24-29)47-39(55)36(26-10-5-4-6-11-26)48-37(53)34-22-45-18-19-46-34/h7,9,12-14,18-19,22,26,28-30,33,35-36H,1-6,8,10-11,15-17,20-21,23-25H2,(H,47,55)(H,48,53)(H,49,54)(H,50,57)/b13-7-/t28-,29-,33+,35+,36+,43-/m1/s1. The number of ether oxygens (including phenoxy) is 1. The van der Waals surface area contributed by atoms with E-state index in [0.29, 0.717) is 62.5 Å². The van der Waals surface area contributed by atoms with E-state index in [1.54, 1.807) is 12.1 Å². The Bertz CT molecular complexity index is 2220. The highest BCUT2D eigenvalue weighted by Crippen LogP contribution is 2.46. The maximum atomic E-state index is 14.9. The Morgan fingerprint density at radius 3 is 2.48 bits per heavy atom. The van der Waals surface area contributed by atoms with Gasteiger partial charge in [-0.25, -0.2) is 22.6 Å². The van der Waals surface area contributed by atoms with Crippen molar-refractivity contribution in [1.29, 1.82) is 0 Å². The van der Waals surface area contributed by atoms with E-state index in [9.17, 15) is 41.6 Å². The van der Waals surface area contributed by atoms with Gasteiger partial charge < -0.3 is 25.6 Å². The maximum absolute atomic E-state index is 14.9. The van der Waals surface area contributed by atoms with Gasteiger partial charge in [0, 0.05) is 36.8 Å². The molecule has 0 radical (unpaired) electrons. The van der Waals surface area contributed by atoms with E-state index in [1.807, 2.05) is 12.2 Å². The van der Waals surface area contributed by atoms with E-state index in [4.69, 9.17) is 4.74 Å². The molecule has 1 aromatic carbocycles. The third-order valence-corrected chi connectivity index (χ3v) is 14.9. The van der Waals surface area contributed by atoms with Gasteiger partial charge in [-0.2, -0.15) is 0 Å². The van der Waals surface area contributed by atoms with Crippen molar-refractivity contribution in [1.82, 2.24) is 40.4 Å². The zero-order valence-corrected chi connectivity index (χ0v) is 35.2. The minimum Gasteiger partial charge on any atom is -0.444 e. The number of nitrogens with one attached hydrogen (secondary N) is 4. The SMILES string of the molecule is O=C(N[C@H](C(=O)N[C@H]1CCCCC/C=C\[C@@H]2C[C@@]2(C(=O)NS(=O)(=O)C2CC2)NC(=O)[C@@H]2C[C@@H](OC(=O)N3Cc4cccc(F)c4C3)CN2C1=O)C1CCCCC1)c1cnccn1. The molecule has 332 valence electrons. The molecule has 0 unspecified atom stereocenters. The zero-order valence-electron chi connectivity index (χ0n) is 34.4. The lowest BCUT2D eigenvalue weighted by Gasteiger charge is -2.33. The molecule has 3 saturated carbocycles. The molecule has 6 atom stereocenters. The van der Waals surface area contributed by atoms with Crippen LogP contribution in [0.15, 0.2) is 48.9 Å². The number of rotatable bonds is 9. The molecule has 8 rings (SSSR count). The van der Waals surface area contributed by atoms with Crippen molar-refractivity contribution in [3.63, 3.8) is 0 Å². The van der Waals surface area contributed by atoms with Gasteiger partial charge in [-0.3, -0.25) is 38.6 Å². The van der Waals surface area contributed by atoms with Gasteiger partial charge in [-0.1, -0.05) is 56.4 Å². The third-order valence-electron chi connectivity index (χ3n) is 13.1. The monoisotopic (exact) mass is 876 g/mol. The molecule has 6 aliphatic rings. The molecule has 0 spiro atoms. The van der Waals surface area contributed by atoms with Gasteiger partial charge in [0.25, 0.3) is 11.8 Å². The van der Waals surface area contributed by atoms with Crippen LogP contribution in [-0.4, -0.2) is 105 Å². The van der Waals surface area contributed by atoms with Crippen LogP contribution >= 0.6 is 0 Å². The van der Waals surface area contributed by atoms with E-state index in [0.717, 1.165) is 19.3 Å². The molecule has 3 aliphatic heterocycles.